The molecule has 0 amide bonds. The van der Waals surface area contributed by atoms with E-state index in [2.05, 4.69) is 5.32 Å². The van der Waals surface area contributed by atoms with E-state index in [9.17, 15) is 22.8 Å². The van der Waals surface area contributed by atoms with Gasteiger partial charge in [0.1, 0.15) is 0 Å². The summed E-state index contributed by atoms with van der Waals surface area (Å²) < 4.78 is 38.5. The van der Waals surface area contributed by atoms with E-state index in [1.165, 1.54) is 0 Å². The largest absolute Gasteiger partial charge is 0.418 e. The molecule has 0 aromatic heterocycles. The van der Waals surface area contributed by atoms with Crippen molar-refractivity contribution in [1.82, 2.24) is 5.32 Å². The summed E-state index contributed by atoms with van der Waals surface area (Å²) in [6, 6.07) is 8.16. The average Bonchev–Trinajstić information content (AvgIpc) is 2.90. The molecule has 1 N–H and O–H groups in total. The molecular formula is C15H10F3NO2S. The molecule has 1 aromatic rings. The van der Waals surface area contributed by atoms with Gasteiger partial charge >= 0.3 is 6.18 Å². The van der Waals surface area contributed by atoms with Crippen molar-refractivity contribution >= 4 is 23.3 Å². The zero-order valence-electron chi connectivity index (χ0n) is 11.1. The summed E-state index contributed by atoms with van der Waals surface area (Å²) in [6.07, 6.45) is -3.43. The van der Waals surface area contributed by atoms with Crippen LogP contribution in [0, 0.1) is 0 Å². The smallest absolute Gasteiger partial charge is 0.364 e. The molecule has 1 aromatic carbocycles. The van der Waals surface area contributed by atoms with E-state index in [0.29, 0.717) is 17.3 Å². The van der Waals surface area contributed by atoms with Crippen LogP contribution in [0.2, 0.25) is 0 Å². The van der Waals surface area contributed by atoms with E-state index in [-0.39, 0.29) is 28.4 Å². The number of halogens is 3. The predicted molar refractivity (Wildman–Crippen MR) is 76.1 cm³/mol. The lowest BCUT2D eigenvalue weighted by Gasteiger charge is -2.17. The van der Waals surface area contributed by atoms with Crippen molar-refractivity contribution < 1.29 is 22.8 Å². The van der Waals surface area contributed by atoms with Crippen molar-refractivity contribution in [1.29, 1.82) is 0 Å². The minimum absolute atomic E-state index is 0.00306. The van der Waals surface area contributed by atoms with Crippen molar-refractivity contribution in [2.75, 3.05) is 0 Å². The number of nitrogens with one attached hydrogen (secondary N) is 1. The molecule has 1 aliphatic carbocycles. The Labute approximate surface area is 128 Å². The molecule has 0 radical (unpaired) electrons. The maximum Gasteiger partial charge on any atom is 0.418 e. The molecule has 114 valence electrons. The van der Waals surface area contributed by atoms with Crippen molar-refractivity contribution in [2.45, 2.75) is 18.0 Å². The summed E-state index contributed by atoms with van der Waals surface area (Å²) in [4.78, 5) is 24.5. The number of hydrogen-bond donors (Lipinski definition) is 1. The minimum atomic E-state index is -4.45. The van der Waals surface area contributed by atoms with Gasteiger partial charge in [0, 0.05) is 16.9 Å². The Morgan fingerprint density at radius 2 is 1.91 bits per heavy atom. The average molecular weight is 325 g/mol. The lowest BCUT2D eigenvalue weighted by Crippen LogP contribution is -2.36. The van der Waals surface area contributed by atoms with Crippen LogP contribution >= 0.6 is 11.8 Å². The number of benzene rings is 1. The van der Waals surface area contributed by atoms with Gasteiger partial charge in [0.25, 0.3) is 0 Å². The number of hydrogen-bond acceptors (Lipinski definition) is 4. The first-order valence-electron chi connectivity index (χ1n) is 6.44. The van der Waals surface area contributed by atoms with E-state index in [0.717, 1.165) is 6.08 Å². The molecule has 0 saturated heterocycles. The molecule has 0 saturated carbocycles. The molecule has 1 unspecified atom stereocenters. The monoisotopic (exact) mass is 325 g/mol. The number of allylic oxidation sites excluding steroid dienone is 3. The first kappa shape index (κ1) is 14.9. The van der Waals surface area contributed by atoms with Crippen LogP contribution in [0.1, 0.15) is 16.8 Å². The van der Waals surface area contributed by atoms with Crippen molar-refractivity contribution in [3.63, 3.8) is 0 Å². The first-order chi connectivity index (χ1) is 10.4. The molecule has 7 heteroatoms. The predicted octanol–water partition coefficient (Wildman–Crippen LogP) is 3.20. The maximum atomic E-state index is 12.8. The third-order valence-electron chi connectivity index (χ3n) is 3.30. The van der Waals surface area contributed by atoms with Gasteiger partial charge in [0.05, 0.1) is 11.3 Å². The Hall–Kier alpha value is -2.02. The van der Waals surface area contributed by atoms with Crippen LogP contribution in [0.3, 0.4) is 0 Å². The summed E-state index contributed by atoms with van der Waals surface area (Å²) in [5.74, 6) is -0.827. The molecule has 22 heavy (non-hydrogen) atoms. The second kappa shape index (κ2) is 5.31. The summed E-state index contributed by atoms with van der Waals surface area (Å²) >= 11 is 0.551. The van der Waals surface area contributed by atoms with E-state index >= 15 is 0 Å². The van der Waals surface area contributed by atoms with Crippen LogP contribution in [0.25, 0.3) is 0 Å². The summed E-state index contributed by atoms with van der Waals surface area (Å²) in [5, 5.41) is 0.507. The molecule has 0 fully saturated rings. The van der Waals surface area contributed by atoms with Crippen LogP contribution < -0.4 is 5.32 Å². The van der Waals surface area contributed by atoms with E-state index in [4.69, 9.17) is 0 Å². The summed E-state index contributed by atoms with van der Waals surface area (Å²) in [6.45, 7) is 0. The topological polar surface area (TPSA) is 46.2 Å². The van der Waals surface area contributed by atoms with Crippen LogP contribution in [0.5, 0.6) is 0 Å². The number of alkyl halides is 3. The zero-order chi connectivity index (χ0) is 15.9. The number of carbonyl (C=O) groups excluding carboxylic acids is 2. The molecule has 3 nitrogen and oxygen atoms in total. The third-order valence-corrected chi connectivity index (χ3v) is 4.56. The van der Waals surface area contributed by atoms with Gasteiger partial charge in [-0.15, -0.1) is 0 Å². The van der Waals surface area contributed by atoms with Gasteiger partial charge in [-0.25, -0.2) is 0 Å². The molecular weight excluding hydrogens is 315 g/mol. The highest BCUT2D eigenvalue weighted by molar-refractivity contribution is 8.04. The molecule has 1 aliphatic heterocycles. The molecule has 1 heterocycles. The van der Waals surface area contributed by atoms with Crippen LogP contribution in [0.15, 0.2) is 52.6 Å². The molecule has 0 bridgehead atoms. The van der Waals surface area contributed by atoms with Crippen molar-refractivity contribution in [3.8, 4) is 0 Å². The Balaban J connectivity index is 1.94. The highest BCUT2D eigenvalue weighted by Gasteiger charge is 2.47. The van der Waals surface area contributed by atoms with Gasteiger partial charge in [0.15, 0.2) is 16.9 Å². The molecule has 2 aliphatic rings. The Morgan fingerprint density at radius 1 is 1.23 bits per heavy atom. The van der Waals surface area contributed by atoms with E-state index < -0.39 is 17.3 Å². The number of carbonyl (C=O) groups is 2. The SMILES string of the molecule is O=C1C=C(C(=O)c2ccccc2)C2=C(C1)SC(C(F)(F)F)N2. The fourth-order valence-corrected chi connectivity index (χ4v) is 3.42. The highest BCUT2D eigenvalue weighted by Crippen LogP contribution is 2.44. The quantitative estimate of drug-likeness (QED) is 0.848. The number of rotatable bonds is 2. The maximum absolute atomic E-state index is 12.8. The van der Waals surface area contributed by atoms with Gasteiger partial charge in [-0.3, -0.25) is 9.59 Å². The van der Waals surface area contributed by atoms with Crippen molar-refractivity contribution in [3.05, 3.63) is 58.1 Å². The van der Waals surface area contributed by atoms with Crippen molar-refractivity contribution in [2.24, 2.45) is 0 Å². The van der Waals surface area contributed by atoms with Crippen LogP contribution in [-0.2, 0) is 4.79 Å². The molecule has 3 rings (SSSR count). The highest BCUT2D eigenvalue weighted by atomic mass is 32.2. The van der Waals surface area contributed by atoms with Crippen LogP contribution in [0.4, 0.5) is 13.2 Å². The number of ketones is 2. The minimum Gasteiger partial charge on any atom is -0.364 e. The molecule has 0 spiro atoms. The fourth-order valence-electron chi connectivity index (χ4n) is 2.32. The Kier molecular flexibility index (Phi) is 3.60. The lowest BCUT2D eigenvalue weighted by molar-refractivity contribution is -0.132. The second-order valence-electron chi connectivity index (χ2n) is 4.88. The second-order valence-corrected chi connectivity index (χ2v) is 6.08. The fraction of sp³-hybridized carbons (Fsp3) is 0.200. The number of thioether (sulfide) groups is 1. The lowest BCUT2D eigenvalue weighted by atomic mass is 9.94. The number of Topliss-reactive ketones (excluding diaryl/α,β-unsaturated/α-hetero) is 1. The third kappa shape index (κ3) is 2.68. The standard InChI is InChI=1S/C15H10F3NO2S/c16-15(17,18)14-19-12-10(6-9(20)7-11(12)22-14)13(21)8-4-2-1-3-5-8/h1-6,14,19H,7H2. The Bertz CT molecular complexity index is 707. The Morgan fingerprint density at radius 3 is 2.55 bits per heavy atom. The summed E-state index contributed by atoms with van der Waals surface area (Å²) in [5.41, 5.74) is 0.454. The normalized spacial score (nSPS) is 21.3. The van der Waals surface area contributed by atoms with Gasteiger partial charge in [-0.05, 0) is 6.08 Å². The molecule has 1 atom stereocenters. The van der Waals surface area contributed by atoms with E-state index in [1.54, 1.807) is 30.3 Å². The van der Waals surface area contributed by atoms with Gasteiger partial charge < -0.3 is 5.32 Å². The van der Waals surface area contributed by atoms with Gasteiger partial charge in [-0.1, -0.05) is 42.1 Å². The summed E-state index contributed by atoms with van der Waals surface area (Å²) in [7, 11) is 0. The van der Waals surface area contributed by atoms with Crippen LogP contribution in [-0.4, -0.2) is 23.1 Å². The first-order valence-corrected chi connectivity index (χ1v) is 7.32. The van der Waals surface area contributed by atoms with Gasteiger partial charge in [0.2, 0.25) is 0 Å². The zero-order valence-corrected chi connectivity index (χ0v) is 11.9. The van der Waals surface area contributed by atoms with Gasteiger partial charge in [-0.2, -0.15) is 13.2 Å². The van der Waals surface area contributed by atoms with E-state index in [1.807, 2.05) is 0 Å².